The van der Waals surface area contributed by atoms with Gasteiger partial charge in [0.2, 0.25) is 0 Å². The summed E-state index contributed by atoms with van der Waals surface area (Å²) in [6, 6.07) is 14.2. The summed E-state index contributed by atoms with van der Waals surface area (Å²) in [5.41, 5.74) is 4.64. The Labute approximate surface area is 151 Å². The van der Waals surface area contributed by atoms with E-state index in [1.54, 1.807) is 10.8 Å². The van der Waals surface area contributed by atoms with Crippen molar-refractivity contribution in [1.82, 2.24) is 0 Å². The van der Waals surface area contributed by atoms with Gasteiger partial charge in [-0.2, -0.15) is 0 Å². The third-order valence-corrected chi connectivity index (χ3v) is 13.2. The third-order valence-electron chi connectivity index (χ3n) is 6.27. The molecule has 1 aliphatic carbocycles. The Balaban J connectivity index is 2.75. The predicted octanol–water partition coefficient (Wildman–Crippen LogP) is 6.71. The Morgan fingerprint density at radius 3 is 1.75 bits per heavy atom. The van der Waals surface area contributed by atoms with Crippen LogP contribution in [-0.2, 0) is 0 Å². The molecule has 1 unspecified atom stereocenters. The zero-order valence-electron chi connectivity index (χ0n) is 17.0. The van der Waals surface area contributed by atoms with E-state index in [4.69, 9.17) is 0 Å². The molecule has 1 atom stereocenters. The highest BCUT2D eigenvalue weighted by atomic mass is 28.3. The molecule has 1 aromatic rings. The largest absolute Gasteiger partial charge is 0.101 e. The normalized spacial score (nSPS) is 21.8. The molecule has 0 nitrogen and oxygen atoms in total. The van der Waals surface area contributed by atoms with E-state index in [-0.39, 0.29) is 5.04 Å². The topological polar surface area (TPSA) is 0 Å². The van der Waals surface area contributed by atoms with Gasteiger partial charge in [-0.25, -0.2) is 0 Å². The Bertz CT molecular complexity index is 623. The van der Waals surface area contributed by atoms with Crippen molar-refractivity contribution in [2.75, 3.05) is 0 Å². The molecule has 0 fully saturated rings. The smallest absolute Gasteiger partial charge is 0.0737 e. The van der Waals surface area contributed by atoms with Gasteiger partial charge in [0.25, 0.3) is 0 Å². The van der Waals surface area contributed by atoms with Gasteiger partial charge in [-0.05, 0) is 50.3 Å². The van der Waals surface area contributed by atoms with Gasteiger partial charge in [-0.15, -0.1) is 0 Å². The van der Waals surface area contributed by atoms with Gasteiger partial charge in [0.1, 0.15) is 8.07 Å². The van der Waals surface area contributed by atoms with Gasteiger partial charge in [0, 0.05) is 5.04 Å². The van der Waals surface area contributed by atoms with Gasteiger partial charge in [0.15, 0.2) is 0 Å². The van der Waals surface area contributed by atoms with Gasteiger partial charge >= 0.3 is 0 Å². The van der Waals surface area contributed by atoms with E-state index in [1.807, 2.05) is 0 Å². The molecule has 1 heteroatoms. The SMILES string of the molecule is CC1=CC(C)([Si](CC(C)C)(CC(C)C)c2ccccc2)C(C)=C1C. The Morgan fingerprint density at radius 1 is 0.875 bits per heavy atom. The second-order valence-corrected chi connectivity index (χ2v) is 13.5. The molecule has 0 N–H and O–H groups in total. The number of allylic oxidation sites excluding steroid dienone is 4. The number of benzene rings is 1. The van der Waals surface area contributed by atoms with Crippen molar-refractivity contribution in [3.05, 3.63) is 53.1 Å². The molecule has 0 heterocycles. The molecule has 0 aliphatic heterocycles. The Morgan fingerprint density at radius 2 is 1.38 bits per heavy atom. The molecule has 1 aliphatic rings. The minimum absolute atomic E-state index is 0.233. The average Bonchev–Trinajstić information content (AvgIpc) is 2.71. The molecular formula is C23H36Si. The lowest BCUT2D eigenvalue weighted by Gasteiger charge is -2.48. The van der Waals surface area contributed by atoms with Crippen LogP contribution < -0.4 is 5.19 Å². The quantitative estimate of drug-likeness (QED) is 0.505. The predicted molar refractivity (Wildman–Crippen MR) is 112 cm³/mol. The van der Waals surface area contributed by atoms with E-state index in [2.05, 4.69) is 91.8 Å². The first kappa shape index (κ1) is 19.2. The fourth-order valence-corrected chi connectivity index (χ4v) is 12.1. The summed E-state index contributed by atoms with van der Waals surface area (Å²) in [7, 11) is -1.77. The molecule has 1 aromatic carbocycles. The molecule has 0 bridgehead atoms. The lowest BCUT2D eigenvalue weighted by atomic mass is 10.0. The van der Waals surface area contributed by atoms with Crippen LogP contribution in [0.25, 0.3) is 0 Å². The van der Waals surface area contributed by atoms with Crippen LogP contribution in [0, 0.1) is 11.8 Å². The summed E-state index contributed by atoms with van der Waals surface area (Å²) >= 11 is 0. The zero-order chi connectivity index (χ0) is 18.1. The van der Waals surface area contributed by atoms with Crippen LogP contribution in [0.1, 0.15) is 55.4 Å². The Hall–Kier alpha value is -1.08. The van der Waals surface area contributed by atoms with E-state index in [9.17, 15) is 0 Å². The Kier molecular flexibility index (Phi) is 5.64. The molecule has 0 radical (unpaired) electrons. The fraction of sp³-hybridized carbons (Fsp3) is 0.565. The second kappa shape index (κ2) is 7.04. The van der Waals surface area contributed by atoms with Gasteiger partial charge in [-0.3, -0.25) is 0 Å². The second-order valence-electron chi connectivity index (χ2n) is 8.92. The van der Waals surface area contributed by atoms with Crippen LogP contribution in [0.4, 0.5) is 0 Å². The first-order valence-corrected chi connectivity index (χ1v) is 12.0. The van der Waals surface area contributed by atoms with Crippen LogP contribution in [0.2, 0.25) is 17.1 Å². The summed E-state index contributed by atoms with van der Waals surface area (Å²) in [5, 5.41) is 1.88. The van der Waals surface area contributed by atoms with Gasteiger partial charge < -0.3 is 0 Å². The van der Waals surface area contributed by atoms with Crippen LogP contribution in [0.15, 0.2) is 53.1 Å². The average molecular weight is 341 g/mol. The van der Waals surface area contributed by atoms with E-state index < -0.39 is 8.07 Å². The fourth-order valence-electron chi connectivity index (χ4n) is 5.03. The van der Waals surface area contributed by atoms with Gasteiger partial charge in [0.05, 0.1) is 0 Å². The molecule has 2 rings (SSSR count). The first-order valence-electron chi connectivity index (χ1n) is 9.57. The number of rotatable bonds is 6. The highest BCUT2D eigenvalue weighted by Gasteiger charge is 2.53. The van der Waals surface area contributed by atoms with Crippen molar-refractivity contribution in [3.63, 3.8) is 0 Å². The first-order chi connectivity index (χ1) is 11.1. The van der Waals surface area contributed by atoms with Crippen molar-refractivity contribution in [2.24, 2.45) is 11.8 Å². The summed E-state index contributed by atoms with van der Waals surface area (Å²) in [5.74, 6) is 1.46. The van der Waals surface area contributed by atoms with Crippen molar-refractivity contribution < 1.29 is 0 Å². The minimum atomic E-state index is -1.77. The minimum Gasteiger partial charge on any atom is -0.0737 e. The summed E-state index contributed by atoms with van der Waals surface area (Å²) in [6.07, 6.45) is 2.63. The standard InChI is InChI=1S/C23H36Si/c1-17(2)15-24(16-18(3)4,22-12-10-9-11-13-22)23(8)14-19(5)20(6)21(23)7/h9-14,17-18H,15-16H2,1-8H3. The van der Waals surface area contributed by atoms with Crippen LogP contribution in [0.5, 0.6) is 0 Å². The maximum Gasteiger partial charge on any atom is 0.101 e. The van der Waals surface area contributed by atoms with Crippen molar-refractivity contribution >= 4 is 13.3 Å². The molecule has 0 aromatic heterocycles. The highest BCUT2D eigenvalue weighted by molar-refractivity contribution is 6.95. The maximum absolute atomic E-state index is 2.63. The maximum atomic E-state index is 2.63. The zero-order valence-corrected chi connectivity index (χ0v) is 18.0. The molecule has 132 valence electrons. The van der Waals surface area contributed by atoms with Crippen molar-refractivity contribution in [3.8, 4) is 0 Å². The van der Waals surface area contributed by atoms with E-state index in [0.717, 1.165) is 11.8 Å². The van der Waals surface area contributed by atoms with Crippen molar-refractivity contribution in [2.45, 2.75) is 72.5 Å². The summed E-state index contributed by atoms with van der Waals surface area (Å²) in [4.78, 5) is 0. The van der Waals surface area contributed by atoms with Crippen LogP contribution >= 0.6 is 0 Å². The monoisotopic (exact) mass is 340 g/mol. The molecule has 0 saturated carbocycles. The summed E-state index contributed by atoms with van der Waals surface area (Å²) in [6.45, 7) is 19.2. The number of hydrogen-bond donors (Lipinski definition) is 0. The highest BCUT2D eigenvalue weighted by Crippen LogP contribution is 2.56. The molecule has 24 heavy (non-hydrogen) atoms. The lowest BCUT2D eigenvalue weighted by Crippen LogP contribution is -2.57. The molecule has 0 amide bonds. The van der Waals surface area contributed by atoms with Crippen molar-refractivity contribution in [1.29, 1.82) is 0 Å². The summed E-state index contributed by atoms with van der Waals surface area (Å²) < 4.78 is 0. The van der Waals surface area contributed by atoms with E-state index in [0.29, 0.717) is 0 Å². The molecule has 0 saturated heterocycles. The van der Waals surface area contributed by atoms with Crippen LogP contribution in [-0.4, -0.2) is 8.07 Å². The van der Waals surface area contributed by atoms with Crippen LogP contribution in [0.3, 0.4) is 0 Å². The lowest BCUT2D eigenvalue weighted by molar-refractivity contribution is 0.653. The molecular weight excluding hydrogens is 304 g/mol. The number of hydrogen-bond acceptors (Lipinski definition) is 0. The van der Waals surface area contributed by atoms with E-state index in [1.165, 1.54) is 23.2 Å². The van der Waals surface area contributed by atoms with E-state index >= 15 is 0 Å². The molecule has 0 spiro atoms. The van der Waals surface area contributed by atoms with Gasteiger partial charge in [-0.1, -0.05) is 87.4 Å². The third kappa shape index (κ3) is 3.20.